The number of hydrogen-bond donors (Lipinski definition) is 2. The van der Waals surface area contributed by atoms with E-state index in [-0.39, 0.29) is 0 Å². The van der Waals surface area contributed by atoms with Crippen molar-refractivity contribution in [1.82, 2.24) is 0 Å². The predicted octanol–water partition coefficient (Wildman–Crippen LogP) is -4.05. The summed E-state index contributed by atoms with van der Waals surface area (Å²) in [5, 5.41) is 0. The molecule has 0 saturated carbocycles. The molecule has 2 N–H and O–H groups in total. The van der Waals surface area contributed by atoms with Gasteiger partial charge in [0.05, 0.1) is 0 Å². The SMILES string of the molecule is O=S1(=O)C[C@@H]([NH+]2CC2)[C@@H]([NH+]2CC2)C1. The van der Waals surface area contributed by atoms with Crippen molar-refractivity contribution in [2.45, 2.75) is 12.1 Å². The highest BCUT2D eigenvalue weighted by atomic mass is 32.2. The molecule has 4 nitrogen and oxygen atoms in total. The van der Waals surface area contributed by atoms with Gasteiger partial charge in [0.15, 0.2) is 21.9 Å². The van der Waals surface area contributed by atoms with Crippen LogP contribution in [0, 0.1) is 0 Å². The third-order valence-electron chi connectivity index (χ3n) is 3.48. The van der Waals surface area contributed by atoms with E-state index in [1.165, 1.54) is 36.0 Å². The molecule has 0 unspecified atom stereocenters. The quantitative estimate of drug-likeness (QED) is 0.450. The molecule has 0 aromatic rings. The van der Waals surface area contributed by atoms with Crippen molar-refractivity contribution in [3.05, 3.63) is 0 Å². The normalized spacial score (nSPS) is 43.7. The average Bonchev–Trinajstić information content (AvgIpc) is 2.90. The first kappa shape index (κ1) is 8.20. The van der Waals surface area contributed by atoms with Gasteiger partial charge < -0.3 is 9.80 Å². The Morgan fingerprint density at radius 2 is 1.23 bits per heavy atom. The molecule has 3 aliphatic heterocycles. The molecule has 0 spiro atoms. The molecule has 3 rings (SSSR count). The molecule has 0 aliphatic carbocycles. The van der Waals surface area contributed by atoms with Crippen LogP contribution in [0.4, 0.5) is 0 Å². The van der Waals surface area contributed by atoms with Crippen LogP contribution in [0.1, 0.15) is 0 Å². The Morgan fingerprint density at radius 3 is 1.54 bits per heavy atom. The fourth-order valence-corrected chi connectivity index (χ4v) is 4.70. The van der Waals surface area contributed by atoms with Gasteiger partial charge in [-0.05, 0) is 0 Å². The van der Waals surface area contributed by atoms with Gasteiger partial charge in [-0.25, -0.2) is 8.42 Å². The highest BCUT2D eigenvalue weighted by molar-refractivity contribution is 7.91. The van der Waals surface area contributed by atoms with Crippen LogP contribution in [0.3, 0.4) is 0 Å². The van der Waals surface area contributed by atoms with Gasteiger partial charge in [-0.2, -0.15) is 0 Å². The van der Waals surface area contributed by atoms with E-state index in [0.717, 1.165) is 0 Å². The van der Waals surface area contributed by atoms with Gasteiger partial charge in [0.1, 0.15) is 37.7 Å². The number of rotatable bonds is 2. The summed E-state index contributed by atoms with van der Waals surface area (Å²) in [5.74, 6) is 0.910. The van der Waals surface area contributed by atoms with Crippen LogP contribution in [-0.2, 0) is 9.84 Å². The Hall–Kier alpha value is -0.130. The van der Waals surface area contributed by atoms with E-state index in [1.807, 2.05) is 0 Å². The van der Waals surface area contributed by atoms with E-state index in [4.69, 9.17) is 0 Å². The predicted molar refractivity (Wildman–Crippen MR) is 47.6 cm³/mol. The van der Waals surface area contributed by atoms with Crippen molar-refractivity contribution in [2.75, 3.05) is 37.7 Å². The van der Waals surface area contributed by atoms with E-state index >= 15 is 0 Å². The fraction of sp³-hybridized carbons (Fsp3) is 1.00. The van der Waals surface area contributed by atoms with Crippen molar-refractivity contribution in [2.24, 2.45) is 0 Å². The summed E-state index contributed by atoms with van der Waals surface area (Å²) in [6.07, 6.45) is 0. The molecule has 74 valence electrons. The third-order valence-corrected chi connectivity index (χ3v) is 5.21. The van der Waals surface area contributed by atoms with E-state index in [9.17, 15) is 8.42 Å². The standard InChI is InChI=1S/C8H14N2O2S/c11-13(12)5-7(9-1-2-9)8(6-13)10-3-4-10/h7-8H,1-6H2/p+2/t7-,8+. The smallest absolute Gasteiger partial charge is 0.162 e. The average molecular weight is 204 g/mol. The van der Waals surface area contributed by atoms with Gasteiger partial charge in [-0.15, -0.1) is 0 Å². The molecule has 3 saturated heterocycles. The molecule has 3 heterocycles. The minimum Gasteiger partial charge on any atom is -0.317 e. The van der Waals surface area contributed by atoms with Crippen LogP contribution < -0.4 is 9.80 Å². The van der Waals surface area contributed by atoms with Crippen LogP contribution in [0.5, 0.6) is 0 Å². The zero-order valence-electron chi connectivity index (χ0n) is 7.62. The summed E-state index contributed by atoms with van der Waals surface area (Å²) >= 11 is 0. The molecule has 0 amide bonds. The maximum Gasteiger partial charge on any atom is 0.162 e. The molecule has 3 fully saturated rings. The lowest BCUT2D eigenvalue weighted by molar-refractivity contribution is -0.864. The number of hydrogen-bond acceptors (Lipinski definition) is 2. The molecule has 13 heavy (non-hydrogen) atoms. The molecule has 0 bridgehead atoms. The van der Waals surface area contributed by atoms with Gasteiger partial charge in [-0.1, -0.05) is 0 Å². The first-order valence-corrected chi connectivity index (χ1v) is 6.87. The molecule has 2 atom stereocenters. The zero-order chi connectivity index (χ0) is 9.05. The monoisotopic (exact) mass is 204 g/mol. The lowest BCUT2D eigenvalue weighted by Gasteiger charge is -2.13. The van der Waals surface area contributed by atoms with Gasteiger partial charge in [0.2, 0.25) is 0 Å². The molecule has 0 aromatic carbocycles. The summed E-state index contributed by atoms with van der Waals surface area (Å²) in [6, 6.07) is 0.866. The molecule has 0 aromatic heterocycles. The first-order valence-electron chi connectivity index (χ1n) is 5.05. The van der Waals surface area contributed by atoms with Crippen LogP contribution in [0.2, 0.25) is 0 Å². The van der Waals surface area contributed by atoms with E-state index in [0.29, 0.717) is 23.6 Å². The highest BCUT2D eigenvalue weighted by Crippen LogP contribution is 2.10. The Balaban J connectivity index is 1.82. The van der Waals surface area contributed by atoms with Gasteiger partial charge >= 0.3 is 0 Å². The summed E-state index contributed by atoms with van der Waals surface area (Å²) in [7, 11) is -2.70. The zero-order valence-corrected chi connectivity index (χ0v) is 8.44. The lowest BCUT2D eigenvalue weighted by atomic mass is 10.2. The molecule has 0 radical (unpaired) electrons. The third kappa shape index (κ3) is 1.49. The van der Waals surface area contributed by atoms with Crippen LogP contribution in [-0.4, -0.2) is 58.2 Å². The number of sulfone groups is 1. The molecule has 5 heteroatoms. The van der Waals surface area contributed by atoms with E-state index in [2.05, 4.69) is 0 Å². The van der Waals surface area contributed by atoms with Gasteiger partial charge in [0, 0.05) is 0 Å². The highest BCUT2D eigenvalue weighted by Gasteiger charge is 2.55. The lowest BCUT2D eigenvalue weighted by Crippen LogP contribution is -3.10. The summed E-state index contributed by atoms with van der Waals surface area (Å²) < 4.78 is 23.0. The van der Waals surface area contributed by atoms with Gasteiger partial charge in [-0.3, -0.25) is 0 Å². The summed E-state index contributed by atoms with van der Waals surface area (Å²) in [6.45, 7) is 4.79. The van der Waals surface area contributed by atoms with Gasteiger partial charge in [0.25, 0.3) is 0 Å². The van der Waals surface area contributed by atoms with Crippen molar-refractivity contribution in [3.8, 4) is 0 Å². The second-order valence-corrected chi connectivity index (χ2v) is 6.76. The van der Waals surface area contributed by atoms with Crippen LogP contribution in [0.25, 0.3) is 0 Å². The maximum atomic E-state index is 11.5. The van der Waals surface area contributed by atoms with Crippen molar-refractivity contribution in [3.63, 3.8) is 0 Å². The first-order chi connectivity index (χ1) is 6.16. The molecule has 3 aliphatic rings. The van der Waals surface area contributed by atoms with Crippen molar-refractivity contribution >= 4 is 9.84 Å². The maximum absolute atomic E-state index is 11.5. The second-order valence-electron chi connectivity index (χ2n) is 4.61. The molecular formula is C8H16N2O2S+2. The van der Waals surface area contributed by atoms with E-state index in [1.54, 1.807) is 0 Å². The van der Waals surface area contributed by atoms with Crippen LogP contribution in [0.15, 0.2) is 0 Å². The second kappa shape index (κ2) is 2.46. The minimum absolute atomic E-state index is 0.433. The number of nitrogens with one attached hydrogen (secondary N) is 2. The Morgan fingerprint density at radius 1 is 0.846 bits per heavy atom. The largest absolute Gasteiger partial charge is 0.317 e. The number of quaternary nitrogens is 2. The van der Waals surface area contributed by atoms with Crippen molar-refractivity contribution < 1.29 is 18.2 Å². The fourth-order valence-electron chi connectivity index (χ4n) is 2.54. The summed E-state index contributed by atoms with van der Waals surface area (Å²) in [4.78, 5) is 3.07. The topological polar surface area (TPSA) is 43.0 Å². The Labute approximate surface area is 78.4 Å². The molecular weight excluding hydrogens is 188 g/mol. The minimum atomic E-state index is -2.70. The van der Waals surface area contributed by atoms with Crippen LogP contribution >= 0.6 is 0 Å². The summed E-state index contributed by atoms with van der Waals surface area (Å²) in [5.41, 5.74) is 0. The van der Waals surface area contributed by atoms with Crippen molar-refractivity contribution in [1.29, 1.82) is 0 Å². The van der Waals surface area contributed by atoms with E-state index < -0.39 is 9.84 Å². The Kier molecular flexibility index (Phi) is 1.55. The Bertz CT molecular complexity index is 293.